The van der Waals surface area contributed by atoms with Crippen LogP contribution < -0.4 is 9.80 Å². The number of hydrogen-bond acceptors (Lipinski definition) is 3. The van der Waals surface area contributed by atoms with Gasteiger partial charge in [-0.1, -0.05) is 31.2 Å². The van der Waals surface area contributed by atoms with Crippen LogP contribution in [0, 0.1) is 5.92 Å². The maximum absolute atomic E-state index is 11.4. The first kappa shape index (κ1) is 17.1. The molecule has 3 nitrogen and oxygen atoms in total. The molecule has 0 fully saturated rings. The van der Waals surface area contributed by atoms with Crippen molar-refractivity contribution in [2.24, 2.45) is 5.92 Å². The Labute approximate surface area is 139 Å². The minimum absolute atomic E-state index is 0.0644. The van der Waals surface area contributed by atoms with Gasteiger partial charge in [-0.25, -0.2) is 0 Å². The van der Waals surface area contributed by atoms with Crippen LogP contribution in [0.15, 0.2) is 48.5 Å². The smallest absolute Gasteiger partial charge is 0.123 e. The van der Waals surface area contributed by atoms with Gasteiger partial charge in [0.1, 0.15) is 6.29 Å². The predicted octanol–water partition coefficient (Wildman–Crippen LogP) is 3.79. The molecule has 0 saturated heterocycles. The van der Waals surface area contributed by atoms with Crippen molar-refractivity contribution in [3.05, 3.63) is 59.7 Å². The lowest BCUT2D eigenvalue weighted by molar-refractivity contribution is -0.111. The van der Waals surface area contributed by atoms with E-state index in [9.17, 15) is 4.79 Å². The number of nitrogens with zero attached hydrogens (tertiary/aromatic N) is 2. The molecule has 3 heteroatoms. The van der Waals surface area contributed by atoms with Crippen molar-refractivity contribution in [1.82, 2.24) is 0 Å². The summed E-state index contributed by atoms with van der Waals surface area (Å²) in [4.78, 5) is 15.6. The predicted molar refractivity (Wildman–Crippen MR) is 98.6 cm³/mol. The van der Waals surface area contributed by atoms with Gasteiger partial charge in [0.25, 0.3) is 0 Å². The normalized spacial score (nSPS) is 12.1. The number of hydrogen-bond donors (Lipinski definition) is 0. The van der Waals surface area contributed by atoms with E-state index in [1.807, 2.05) is 35.1 Å². The molecule has 0 aliphatic carbocycles. The zero-order valence-corrected chi connectivity index (χ0v) is 14.7. The van der Waals surface area contributed by atoms with Gasteiger partial charge in [0.05, 0.1) is 0 Å². The van der Waals surface area contributed by atoms with Gasteiger partial charge >= 0.3 is 0 Å². The van der Waals surface area contributed by atoms with Crippen molar-refractivity contribution in [2.75, 3.05) is 38.0 Å². The van der Waals surface area contributed by atoms with Crippen molar-refractivity contribution in [3.8, 4) is 0 Å². The van der Waals surface area contributed by atoms with Crippen LogP contribution >= 0.6 is 0 Å². The minimum Gasteiger partial charge on any atom is -0.378 e. The van der Waals surface area contributed by atoms with Gasteiger partial charge in [-0.15, -0.1) is 0 Å². The van der Waals surface area contributed by atoms with Crippen molar-refractivity contribution in [3.63, 3.8) is 0 Å². The fourth-order valence-electron chi connectivity index (χ4n) is 2.84. The van der Waals surface area contributed by atoms with Crippen molar-refractivity contribution >= 4 is 17.7 Å². The van der Waals surface area contributed by atoms with Gasteiger partial charge in [0, 0.05) is 51.4 Å². The maximum Gasteiger partial charge on any atom is 0.123 e. The van der Waals surface area contributed by atoms with Gasteiger partial charge in [-0.3, -0.25) is 0 Å². The molecule has 2 aromatic carbocycles. The largest absolute Gasteiger partial charge is 0.378 e. The molecule has 0 spiro atoms. The van der Waals surface area contributed by atoms with Gasteiger partial charge < -0.3 is 14.6 Å². The summed E-state index contributed by atoms with van der Waals surface area (Å²) in [6.45, 7) is 1.98. The SMILES string of the molecule is C[C@@H](C=O)C(c1ccc(N(C)C)cc1)c1ccc(N(C)C)cc1. The Balaban J connectivity index is 2.38. The third-order valence-electron chi connectivity index (χ3n) is 4.28. The molecule has 0 N–H and O–H groups in total. The van der Waals surface area contributed by atoms with E-state index in [0.717, 1.165) is 17.7 Å². The van der Waals surface area contributed by atoms with E-state index in [4.69, 9.17) is 0 Å². The number of anilines is 2. The van der Waals surface area contributed by atoms with Crippen molar-refractivity contribution in [2.45, 2.75) is 12.8 Å². The molecule has 0 aliphatic rings. The molecule has 0 saturated carbocycles. The van der Waals surface area contributed by atoms with Crippen LogP contribution in [0.4, 0.5) is 11.4 Å². The van der Waals surface area contributed by atoms with E-state index < -0.39 is 0 Å². The number of benzene rings is 2. The summed E-state index contributed by atoms with van der Waals surface area (Å²) < 4.78 is 0. The molecule has 0 amide bonds. The molecule has 23 heavy (non-hydrogen) atoms. The summed E-state index contributed by atoms with van der Waals surface area (Å²) in [5.74, 6) is 0.0188. The second-order valence-electron chi connectivity index (χ2n) is 6.44. The fourth-order valence-corrected chi connectivity index (χ4v) is 2.84. The molecule has 0 bridgehead atoms. The van der Waals surface area contributed by atoms with Crippen LogP contribution in [-0.4, -0.2) is 34.5 Å². The first-order valence-electron chi connectivity index (χ1n) is 7.94. The average Bonchev–Trinajstić information content (AvgIpc) is 2.55. The highest BCUT2D eigenvalue weighted by Gasteiger charge is 2.21. The van der Waals surface area contributed by atoms with Crippen LogP contribution in [0.1, 0.15) is 24.0 Å². The lowest BCUT2D eigenvalue weighted by Crippen LogP contribution is -2.14. The maximum atomic E-state index is 11.4. The zero-order chi connectivity index (χ0) is 17.0. The summed E-state index contributed by atoms with van der Waals surface area (Å²) in [6.07, 6.45) is 1.05. The summed E-state index contributed by atoms with van der Waals surface area (Å²) in [7, 11) is 8.11. The van der Waals surface area contributed by atoms with Crippen LogP contribution in [0.5, 0.6) is 0 Å². The van der Waals surface area contributed by atoms with E-state index in [1.54, 1.807) is 0 Å². The number of aldehydes is 1. The molecule has 0 heterocycles. The van der Waals surface area contributed by atoms with Gasteiger partial charge in [0.15, 0.2) is 0 Å². The number of carbonyl (C=O) groups excluding carboxylic acids is 1. The third kappa shape index (κ3) is 3.92. The Hall–Kier alpha value is -2.29. The molecule has 2 aromatic rings. The van der Waals surface area contributed by atoms with Gasteiger partial charge in [-0.2, -0.15) is 0 Å². The summed E-state index contributed by atoms with van der Waals surface area (Å²) in [5.41, 5.74) is 4.67. The molecular formula is C20H26N2O. The first-order chi connectivity index (χ1) is 10.9. The average molecular weight is 310 g/mol. The van der Waals surface area contributed by atoms with Crippen molar-refractivity contribution < 1.29 is 4.79 Å². The summed E-state index contributed by atoms with van der Waals surface area (Å²) in [6, 6.07) is 16.9. The summed E-state index contributed by atoms with van der Waals surface area (Å²) >= 11 is 0. The van der Waals surface area contributed by atoms with Crippen LogP contribution in [0.25, 0.3) is 0 Å². The molecule has 0 aliphatic heterocycles. The van der Waals surface area contributed by atoms with Crippen molar-refractivity contribution in [1.29, 1.82) is 0 Å². The lowest BCUT2D eigenvalue weighted by atomic mass is 9.82. The van der Waals surface area contributed by atoms with E-state index >= 15 is 0 Å². The Morgan fingerprint density at radius 2 is 1.09 bits per heavy atom. The van der Waals surface area contributed by atoms with E-state index in [0.29, 0.717) is 0 Å². The second-order valence-corrected chi connectivity index (χ2v) is 6.44. The summed E-state index contributed by atoms with van der Waals surface area (Å²) in [5, 5.41) is 0. The topological polar surface area (TPSA) is 23.6 Å². The quantitative estimate of drug-likeness (QED) is 0.759. The molecule has 2 rings (SSSR count). The van der Waals surface area contributed by atoms with Crippen LogP contribution in [-0.2, 0) is 4.79 Å². The Morgan fingerprint density at radius 1 is 0.739 bits per heavy atom. The lowest BCUT2D eigenvalue weighted by Gasteiger charge is -2.23. The highest BCUT2D eigenvalue weighted by Crippen LogP contribution is 2.33. The van der Waals surface area contributed by atoms with Gasteiger partial charge in [-0.05, 0) is 35.4 Å². The Kier molecular flexibility index (Phi) is 5.43. The minimum atomic E-state index is -0.0644. The molecule has 122 valence electrons. The Morgan fingerprint density at radius 3 is 1.35 bits per heavy atom. The van der Waals surface area contributed by atoms with E-state index in [2.05, 4.69) is 58.3 Å². The first-order valence-corrected chi connectivity index (χ1v) is 7.94. The van der Waals surface area contributed by atoms with Gasteiger partial charge in [0.2, 0.25) is 0 Å². The van der Waals surface area contributed by atoms with E-state index in [-0.39, 0.29) is 11.8 Å². The zero-order valence-electron chi connectivity index (χ0n) is 14.7. The fraction of sp³-hybridized carbons (Fsp3) is 0.350. The third-order valence-corrected chi connectivity index (χ3v) is 4.28. The van der Waals surface area contributed by atoms with Crippen LogP contribution in [0.2, 0.25) is 0 Å². The second kappa shape index (κ2) is 7.32. The van der Waals surface area contributed by atoms with E-state index in [1.165, 1.54) is 11.1 Å². The highest BCUT2D eigenvalue weighted by atomic mass is 16.1. The molecule has 0 aromatic heterocycles. The molecule has 1 atom stereocenters. The molecule has 0 radical (unpaired) electrons. The Bertz CT molecular complexity index is 578. The standard InChI is InChI=1S/C20H26N2O/c1-15(14-23)20(16-6-10-18(11-7-16)21(2)3)17-8-12-19(13-9-17)22(4)5/h6-15,20H,1-5H3/t15-/m0/s1. The highest BCUT2D eigenvalue weighted by molar-refractivity contribution is 5.59. The van der Waals surface area contributed by atoms with Crippen LogP contribution in [0.3, 0.4) is 0 Å². The number of carbonyl (C=O) groups is 1. The molecular weight excluding hydrogens is 284 g/mol. The monoisotopic (exact) mass is 310 g/mol. The molecule has 0 unspecified atom stereocenters. The number of rotatable bonds is 6.